The Hall–Kier alpha value is -2.71. The number of nitrogens with zero attached hydrogens (tertiary/aromatic N) is 2. The van der Waals surface area contributed by atoms with Crippen molar-refractivity contribution in [3.8, 4) is 0 Å². The zero-order valence-corrected chi connectivity index (χ0v) is 24.0. The van der Waals surface area contributed by atoms with Crippen molar-refractivity contribution in [1.82, 2.24) is 14.8 Å². The third kappa shape index (κ3) is 5.64. The Bertz CT molecular complexity index is 1250. The summed E-state index contributed by atoms with van der Waals surface area (Å²) in [5.41, 5.74) is 3.50. The van der Waals surface area contributed by atoms with Crippen LogP contribution in [0, 0.1) is 11.3 Å². The number of anilines is 1. The third-order valence-corrected chi connectivity index (χ3v) is 8.72. The van der Waals surface area contributed by atoms with E-state index in [1.54, 1.807) is 6.92 Å². The molecule has 2 bridgehead atoms. The molecule has 1 saturated carbocycles. The Kier molecular flexibility index (Phi) is 8.15. The molecule has 8 heteroatoms. The predicted octanol–water partition coefficient (Wildman–Crippen LogP) is 4.54. The molecular weight excluding hydrogens is 492 g/mol. The number of piperidine rings is 1. The number of ether oxygens (including phenoxy) is 1. The summed E-state index contributed by atoms with van der Waals surface area (Å²) in [6.45, 7) is 11.6. The van der Waals surface area contributed by atoms with Gasteiger partial charge in [0.1, 0.15) is 6.54 Å². The normalized spacial score (nSPS) is 26.0. The van der Waals surface area contributed by atoms with Crippen LogP contribution in [-0.2, 0) is 27.4 Å². The number of amides is 1. The largest absolute Gasteiger partial charge is 0.385 e. The van der Waals surface area contributed by atoms with Crippen LogP contribution < -0.4 is 10.6 Å². The van der Waals surface area contributed by atoms with Gasteiger partial charge in [-0.05, 0) is 69.2 Å². The minimum Gasteiger partial charge on any atom is -0.385 e. The molecule has 3 aliphatic rings. The Balaban J connectivity index is 1.55. The van der Waals surface area contributed by atoms with Crippen LogP contribution in [0.25, 0.3) is 10.9 Å². The van der Waals surface area contributed by atoms with Crippen molar-refractivity contribution in [1.29, 1.82) is 0 Å². The zero-order valence-electron chi connectivity index (χ0n) is 24.0. The number of hydrogen-bond donors (Lipinski definition) is 2. The molecule has 0 radical (unpaired) electrons. The lowest BCUT2D eigenvalue weighted by Gasteiger charge is -2.27. The van der Waals surface area contributed by atoms with Crippen molar-refractivity contribution in [3.05, 3.63) is 29.5 Å². The third-order valence-electron chi connectivity index (χ3n) is 8.72. The summed E-state index contributed by atoms with van der Waals surface area (Å²) in [7, 11) is 0. The van der Waals surface area contributed by atoms with Gasteiger partial charge in [-0.2, -0.15) is 0 Å². The van der Waals surface area contributed by atoms with Crippen LogP contribution in [0.3, 0.4) is 0 Å². The first-order valence-corrected chi connectivity index (χ1v) is 14.8. The van der Waals surface area contributed by atoms with E-state index in [2.05, 4.69) is 30.5 Å². The van der Waals surface area contributed by atoms with Crippen molar-refractivity contribution in [2.45, 2.75) is 91.4 Å². The van der Waals surface area contributed by atoms with E-state index < -0.39 is 0 Å². The van der Waals surface area contributed by atoms with E-state index in [9.17, 15) is 14.4 Å². The molecule has 3 heterocycles. The van der Waals surface area contributed by atoms with E-state index in [-0.39, 0.29) is 41.5 Å². The number of aromatic nitrogens is 1. The lowest BCUT2D eigenvalue weighted by Crippen LogP contribution is -2.44. The molecule has 5 rings (SSSR count). The number of carbonyl (C=O) groups excluding carboxylic acids is 3. The number of nitrogens with one attached hydrogen (secondary N) is 2. The van der Waals surface area contributed by atoms with Gasteiger partial charge in [0.05, 0.1) is 18.2 Å². The first kappa shape index (κ1) is 27.8. The molecule has 2 aromatic rings. The first-order valence-electron chi connectivity index (χ1n) is 14.8. The Morgan fingerprint density at radius 1 is 1.21 bits per heavy atom. The zero-order chi connectivity index (χ0) is 27.7. The van der Waals surface area contributed by atoms with Gasteiger partial charge in [-0.25, -0.2) is 0 Å². The highest BCUT2D eigenvalue weighted by Crippen LogP contribution is 2.60. The molecule has 1 saturated heterocycles. The molecule has 8 nitrogen and oxygen atoms in total. The number of Topliss-reactive ketones (excluding diaryl/α,β-unsaturated/α-hetero) is 2. The lowest BCUT2D eigenvalue weighted by atomic mass is 9.97. The second kappa shape index (κ2) is 11.4. The van der Waals surface area contributed by atoms with Gasteiger partial charge < -0.3 is 24.8 Å². The van der Waals surface area contributed by atoms with Crippen molar-refractivity contribution in [2.75, 3.05) is 31.6 Å². The minimum absolute atomic E-state index is 0.0215. The summed E-state index contributed by atoms with van der Waals surface area (Å²) >= 11 is 0. The maximum atomic E-state index is 14.0. The number of carbonyl (C=O) groups is 3. The maximum absolute atomic E-state index is 14.0. The standard InChI is InChI=1S/C31H44N4O4/c1-5-27(37)26-13-31-14-28(31)35(26)29(38)18-34-17-25(21(4)36)24-12-23(33-15-20(2)3)11-22(30(24)34)16-32-9-7-6-8-10-39-19-31/h11-12,17,20,26,28,32-33H,5-10,13-16,18-19H2,1-4H3/t26-,28+,31-/m0/s1. The molecule has 2 N–H and O–H groups in total. The van der Waals surface area contributed by atoms with E-state index in [1.165, 1.54) is 0 Å². The Labute approximate surface area is 231 Å². The SMILES string of the molecule is CCC(=O)[C@@H]1C[C@]23COCCCCCNCc4cc(NCC(C)C)cc5c(C(C)=O)cn(c45)CC(=O)N1[C@@H]2C3. The van der Waals surface area contributed by atoms with Crippen LogP contribution in [0.4, 0.5) is 5.69 Å². The highest BCUT2D eigenvalue weighted by atomic mass is 16.5. The summed E-state index contributed by atoms with van der Waals surface area (Å²) < 4.78 is 8.04. The van der Waals surface area contributed by atoms with Crippen LogP contribution in [0.2, 0.25) is 0 Å². The smallest absolute Gasteiger partial charge is 0.243 e. The summed E-state index contributed by atoms with van der Waals surface area (Å²) in [6.07, 6.45) is 7.00. The maximum Gasteiger partial charge on any atom is 0.243 e. The Morgan fingerprint density at radius 2 is 2.03 bits per heavy atom. The number of ketones is 2. The van der Waals surface area contributed by atoms with Gasteiger partial charge in [-0.3, -0.25) is 14.4 Å². The minimum atomic E-state index is -0.384. The van der Waals surface area contributed by atoms with Crippen molar-refractivity contribution in [3.63, 3.8) is 0 Å². The van der Waals surface area contributed by atoms with Crippen molar-refractivity contribution in [2.24, 2.45) is 11.3 Å². The van der Waals surface area contributed by atoms with E-state index in [4.69, 9.17) is 4.74 Å². The molecule has 1 amide bonds. The van der Waals surface area contributed by atoms with Gasteiger partial charge in [0.25, 0.3) is 0 Å². The van der Waals surface area contributed by atoms with Crippen molar-refractivity contribution < 1.29 is 19.1 Å². The van der Waals surface area contributed by atoms with Gasteiger partial charge in [0.15, 0.2) is 11.6 Å². The molecule has 1 aromatic carbocycles. The molecule has 0 spiro atoms. The molecule has 3 atom stereocenters. The van der Waals surface area contributed by atoms with Crippen LogP contribution in [-0.4, -0.2) is 65.3 Å². The second-order valence-corrected chi connectivity index (χ2v) is 12.2. The molecule has 1 aromatic heterocycles. The lowest BCUT2D eigenvalue weighted by molar-refractivity contribution is -0.139. The number of rotatable bonds is 6. The van der Waals surface area contributed by atoms with E-state index in [1.807, 2.05) is 28.7 Å². The molecular formula is C31H44N4O4. The fourth-order valence-electron chi connectivity index (χ4n) is 6.56. The quantitative estimate of drug-likeness (QED) is 0.527. The molecule has 0 unspecified atom stereocenters. The first-order chi connectivity index (χ1) is 18.7. The summed E-state index contributed by atoms with van der Waals surface area (Å²) in [5, 5.41) is 7.98. The van der Waals surface area contributed by atoms with Crippen LogP contribution in [0.5, 0.6) is 0 Å². The monoisotopic (exact) mass is 536 g/mol. The topological polar surface area (TPSA) is 92.7 Å². The van der Waals surface area contributed by atoms with Gasteiger partial charge in [0.2, 0.25) is 5.91 Å². The molecule has 2 fully saturated rings. The highest BCUT2D eigenvalue weighted by molar-refractivity contribution is 6.09. The van der Waals surface area contributed by atoms with Gasteiger partial charge in [-0.1, -0.05) is 20.8 Å². The highest BCUT2D eigenvalue weighted by Gasteiger charge is 2.66. The molecule has 212 valence electrons. The summed E-state index contributed by atoms with van der Waals surface area (Å²) in [4.78, 5) is 41.5. The second-order valence-electron chi connectivity index (χ2n) is 12.2. The fraction of sp³-hybridized carbons (Fsp3) is 0.645. The summed E-state index contributed by atoms with van der Waals surface area (Å²) in [5.74, 6) is 0.532. The van der Waals surface area contributed by atoms with Gasteiger partial charge >= 0.3 is 0 Å². The summed E-state index contributed by atoms with van der Waals surface area (Å²) in [6, 6.07) is 3.87. The fourth-order valence-corrected chi connectivity index (χ4v) is 6.56. The van der Waals surface area contributed by atoms with Crippen LogP contribution >= 0.6 is 0 Å². The van der Waals surface area contributed by atoms with Crippen molar-refractivity contribution >= 4 is 34.1 Å². The van der Waals surface area contributed by atoms with Gasteiger partial charge in [-0.15, -0.1) is 0 Å². The number of hydrogen-bond acceptors (Lipinski definition) is 6. The van der Waals surface area contributed by atoms with E-state index >= 15 is 0 Å². The number of benzene rings is 1. The average Bonchev–Trinajstić information content (AvgIpc) is 3.31. The predicted molar refractivity (Wildman–Crippen MR) is 153 cm³/mol. The Morgan fingerprint density at radius 3 is 2.77 bits per heavy atom. The van der Waals surface area contributed by atoms with Crippen LogP contribution in [0.1, 0.15) is 82.1 Å². The van der Waals surface area contributed by atoms with Gasteiger partial charge in [0, 0.05) is 60.4 Å². The van der Waals surface area contributed by atoms with E-state index in [0.29, 0.717) is 37.5 Å². The molecule has 39 heavy (non-hydrogen) atoms. The van der Waals surface area contributed by atoms with E-state index in [0.717, 1.165) is 67.5 Å². The van der Waals surface area contributed by atoms with Crippen LogP contribution in [0.15, 0.2) is 18.3 Å². The molecule has 2 aliphatic heterocycles. The molecule has 1 aliphatic carbocycles. The average molecular weight is 537 g/mol.